The molecule has 0 aromatic carbocycles. The maximum atomic E-state index is 12.3. The molecule has 0 spiro atoms. The van der Waals surface area contributed by atoms with E-state index < -0.39 is 15.9 Å². The van der Waals surface area contributed by atoms with Gasteiger partial charge in [0.1, 0.15) is 0 Å². The number of carbonyl (C=O) groups is 1. The van der Waals surface area contributed by atoms with Crippen LogP contribution in [0.3, 0.4) is 0 Å². The number of sulfonamides is 1. The molecule has 0 bridgehead atoms. The van der Waals surface area contributed by atoms with Crippen molar-refractivity contribution in [1.29, 1.82) is 0 Å². The molecule has 22 heavy (non-hydrogen) atoms. The van der Waals surface area contributed by atoms with E-state index in [4.69, 9.17) is 11.6 Å². The molecule has 0 unspecified atom stereocenters. The van der Waals surface area contributed by atoms with E-state index in [2.05, 4.69) is 10.2 Å². The number of H-pyrrole nitrogens is 1. The van der Waals surface area contributed by atoms with Gasteiger partial charge < -0.3 is 0 Å². The van der Waals surface area contributed by atoms with Crippen molar-refractivity contribution in [2.24, 2.45) is 0 Å². The summed E-state index contributed by atoms with van der Waals surface area (Å²) in [5, 5.41) is 8.51. The highest BCUT2D eigenvalue weighted by Crippen LogP contribution is 2.27. The Labute approximate surface area is 136 Å². The van der Waals surface area contributed by atoms with Crippen molar-refractivity contribution in [2.75, 3.05) is 0 Å². The van der Waals surface area contributed by atoms with E-state index in [-0.39, 0.29) is 14.9 Å². The van der Waals surface area contributed by atoms with Gasteiger partial charge in [0.25, 0.3) is 15.9 Å². The molecular formula is C13H14ClN3O3S2. The Kier molecular flexibility index (Phi) is 4.24. The zero-order chi connectivity index (χ0) is 15.7. The lowest BCUT2D eigenvalue weighted by Crippen LogP contribution is -2.31. The van der Waals surface area contributed by atoms with Gasteiger partial charge in [-0.05, 0) is 37.1 Å². The van der Waals surface area contributed by atoms with Crippen LogP contribution in [0, 0.1) is 0 Å². The summed E-state index contributed by atoms with van der Waals surface area (Å²) in [5.74, 6) is -0.719. The molecule has 0 radical (unpaired) electrons. The highest BCUT2D eigenvalue weighted by molar-refractivity contribution is 7.92. The predicted octanol–water partition coefficient (Wildman–Crippen LogP) is 2.51. The van der Waals surface area contributed by atoms with Crippen molar-refractivity contribution in [3.8, 4) is 0 Å². The number of thiophene rings is 1. The molecule has 1 amide bonds. The van der Waals surface area contributed by atoms with E-state index in [9.17, 15) is 13.2 Å². The van der Waals surface area contributed by atoms with Crippen molar-refractivity contribution >= 4 is 38.9 Å². The standard InChI is InChI=1S/C13H14ClN3O3S2/c14-9-6-7-21-13(9)22(19,20)17-12(18)11-8-4-2-1-3-5-10(8)15-16-11/h6-7H,1-5H2,(H,15,16)(H,17,18). The molecule has 0 fully saturated rings. The molecule has 0 atom stereocenters. The van der Waals surface area contributed by atoms with Crippen LogP contribution in [0.25, 0.3) is 0 Å². The number of amides is 1. The number of halogens is 1. The Bertz CT molecular complexity index is 810. The number of hydrogen-bond acceptors (Lipinski definition) is 5. The number of aromatic nitrogens is 2. The molecule has 3 rings (SSSR count). The minimum absolute atomic E-state index is 0.0656. The van der Waals surface area contributed by atoms with Crippen LogP contribution in [0.1, 0.15) is 41.0 Å². The van der Waals surface area contributed by atoms with Crippen molar-refractivity contribution in [1.82, 2.24) is 14.9 Å². The summed E-state index contributed by atoms with van der Waals surface area (Å²) in [6, 6.07) is 1.48. The lowest BCUT2D eigenvalue weighted by atomic mass is 10.1. The smallest absolute Gasteiger partial charge is 0.281 e. The van der Waals surface area contributed by atoms with Crippen LogP contribution in [-0.2, 0) is 22.9 Å². The van der Waals surface area contributed by atoms with Crippen LogP contribution in [0.5, 0.6) is 0 Å². The normalized spacial score (nSPS) is 15.1. The summed E-state index contributed by atoms with van der Waals surface area (Å²) in [5.41, 5.74) is 1.91. The molecular weight excluding hydrogens is 346 g/mol. The van der Waals surface area contributed by atoms with Gasteiger partial charge in [-0.1, -0.05) is 18.0 Å². The number of carbonyl (C=O) groups excluding carboxylic acids is 1. The average Bonchev–Trinajstić information content (AvgIpc) is 2.99. The molecule has 0 saturated carbocycles. The number of aromatic amines is 1. The van der Waals surface area contributed by atoms with E-state index >= 15 is 0 Å². The summed E-state index contributed by atoms with van der Waals surface area (Å²) in [4.78, 5) is 12.3. The van der Waals surface area contributed by atoms with Crippen molar-refractivity contribution < 1.29 is 13.2 Å². The Morgan fingerprint density at radius 1 is 1.32 bits per heavy atom. The van der Waals surface area contributed by atoms with Crippen molar-refractivity contribution in [3.05, 3.63) is 33.4 Å². The molecule has 118 valence electrons. The third-order valence-corrected chi connectivity index (χ3v) is 6.93. The number of aryl methyl sites for hydroxylation is 1. The predicted molar refractivity (Wildman–Crippen MR) is 83.8 cm³/mol. The summed E-state index contributed by atoms with van der Waals surface area (Å²) in [7, 11) is -3.98. The number of nitrogens with one attached hydrogen (secondary N) is 2. The van der Waals surface area contributed by atoms with E-state index in [1.165, 1.54) is 6.07 Å². The van der Waals surface area contributed by atoms with Crippen LogP contribution in [0.15, 0.2) is 15.7 Å². The Balaban J connectivity index is 1.87. The molecule has 6 nitrogen and oxygen atoms in total. The fraction of sp³-hybridized carbons (Fsp3) is 0.385. The van der Waals surface area contributed by atoms with Gasteiger partial charge in [0, 0.05) is 11.3 Å². The second-order valence-corrected chi connectivity index (χ2v) is 8.28. The largest absolute Gasteiger partial charge is 0.285 e. The van der Waals surface area contributed by atoms with E-state index in [1.54, 1.807) is 5.38 Å². The van der Waals surface area contributed by atoms with Crippen LogP contribution < -0.4 is 4.72 Å². The van der Waals surface area contributed by atoms with E-state index in [0.717, 1.165) is 54.7 Å². The Hall–Kier alpha value is -1.38. The Morgan fingerprint density at radius 2 is 2.09 bits per heavy atom. The van der Waals surface area contributed by atoms with Gasteiger partial charge in [-0.15, -0.1) is 11.3 Å². The molecule has 2 heterocycles. The fourth-order valence-corrected chi connectivity index (χ4v) is 5.17. The van der Waals surface area contributed by atoms with Gasteiger partial charge >= 0.3 is 0 Å². The molecule has 0 saturated heterocycles. The third-order valence-electron chi connectivity index (χ3n) is 3.58. The van der Waals surface area contributed by atoms with Crippen LogP contribution in [0.4, 0.5) is 0 Å². The summed E-state index contributed by atoms with van der Waals surface area (Å²) in [6.07, 6.45) is 4.66. The SMILES string of the molecule is O=C(NS(=O)(=O)c1sccc1Cl)c1n[nH]c2c1CCCCC2. The van der Waals surface area contributed by atoms with Gasteiger partial charge in [-0.3, -0.25) is 9.89 Å². The summed E-state index contributed by atoms with van der Waals surface area (Å²) < 4.78 is 26.4. The van der Waals surface area contributed by atoms with Gasteiger partial charge in [-0.25, -0.2) is 13.1 Å². The lowest BCUT2D eigenvalue weighted by Gasteiger charge is -2.05. The zero-order valence-corrected chi connectivity index (χ0v) is 13.9. The number of hydrogen-bond donors (Lipinski definition) is 2. The quantitative estimate of drug-likeness (QED) is 0.823. The molecule has 1 aliphatic rings. The lowest BCUT2D eigenvalue weighted by molar-refractivity contribution is 0.0975. The molecule has 1 aliphatic carbocycles. The monoisotopic (exact) mass is 359 g/mol. The first-order valence-corrected chi connectivity index (χ1v) is 9.59. The average molecular weight is 360 g/mol. The minimum atomic E-state index is -3.98. The summed E-state index contributed by atoms with van der Waals surface area (Å²) >= 11 is 6.79. The van der Waals surface area contributed by atoms with Crippen molar-refractivity contribution in [3.63, 3.8) is 0 Å². The van der Waals surface area contributed by atoms with Gasteiger partial charge in [-0.2, -0.15) is 5.10 Å². The highest BCUT2D eigenvalue weighted by Gasteiger charge is 2.27. The molecule has 9 heteroatoms. The molecule has 2 aromatic heterocycles. The van der Waals surface area contributed by atoms with E-state index in [0.29, 0.717) is 0 Å². The second kappa shape index (κ2) is 6.02. The first kappa shape index (κ1) is 15.5. The first-order chi connectivity index (χ1) is 10.5. The maximum absolute atomic E-state index is 12.3. The van der Waals surface area contributed by atoms with Gasteiger partial charge in [0.2, 0.25) is 0 Å². The first-order valence-electron chi connectivity index (χ1n) is 6.85. The highest BCUT2D eigenvalue weighted by atomic mass is 35.5. The zero-order valence-electron chi connectivity index (χ0n) is 11.6. The number of fused-ring (bicyclic) bond motifs is 1. The third kappa shape index (κ3) is 2.90. The van der Waals surface area contributed by atoms with Crippen LogP contribution in [-0.4, -0.2) is 24.5 Å². The summed E-state index contributed by atoms with van der Waals surface area (Å²) in [6.45, 7) is 0. The van der Waals surface area contributed by atoms with Crippen LogP contribution in [0.2, 0.25) is 5.02 Å². The van der Waals surface area contributed by atoms with Crippen molar-refractivity contribution in [2.45, 2.75) is 36.3 Å². The number of nitrogens with zero attached hydrogens (tertiary/aromatic N) is 1. The van der Waals surface area contributed by atoms with E-state index in [1.807, 2.05) is 4.72 Å². The van der Waals surface area contributed by atoms with Gasteiger partial charge in [0.15, 0.2) is 9.90 Å². The molecule has 2 aromatic rings. The molecule has 2 N–H and O–H groups in total. The Morgan fingerprint density at radius 3 is 2.82 bits per heavy atom. The topological polar surface area (TPSA) is 91.9 Å². The second-order valence-electron chi connectivity index (χ2n) is 5.08. The fourth-order valence-electron chi connectivity index (χ4n) is 2.53. The van der Waals surface area contributed by atoms with Crippen LogP contribution >= 0.6 is 22.9 Å². The number of rotatable bonds is 3. The maximum Gasteiger partial charge on any atom is 0.285 e. The molecule has 0 aliphatic heterocycles. The minimum Gasteiger partial charge on any atom is -0.281 e. The van der Waals surface area contributed by atoms with Gasteiger partial charge in [0.05, 0.1) is 5.02 Å².